The van der Waals surface area contributed by atoms with E-state index in [9.17, 15) is 0 Å². The van der Waals surface area contributed by atoms with Gasteiger partial charge in [0, 0.05) is 24.8 Å². The molecule has 0 aliphatic carbocycles. The van der Waals surface area contributed by atoms with Crippen molar-refractivity contribution in [3.8, 4) is 0 Å². The minimum atomic E-state index is 0.595. The van der Waals surface area contributed by atoms with E-state index in [1.807, 2.05) is 10.9 Å². The maximum absolute atomic E-state index is 5.54. The topological polar surface area (TPSA) is 43.8 Å². The molecular formula is C14H27N3. The van der Waals surface area contributed by atoms with Crippen LogP contribution >= 0.6 is 0 Å². The fourth-order valence-corrected chi connectivity index (χ4v) is 2.04. The molecule has 0 saturated carbocycles. The first kappa shape index (κ1) is 14.2. The first-order valence-electron chi connectivity index (χ1n) is 7.08. The van der Waals surface area contributed by atoms with Crippen molar-refractivity contribution in [2.75, 3.05) is 0 Å². The van der Waals surface area contributed by atoms with Gasteiger partial charge >= 0.3 is 0 Å². The average Bonchev–Trinajstić information content (AvgIpc) is 2.80. The number of hydrogen-bond donors (Lipinski definition) is 1. The highest BCUT2D eigenvalue weighted by Crippen LogP contribution is 2.09. The molecular weight excluding hydrogens is 210 g/mol. The van der Waals surface area contributed by atoms with Crippen molar-refractivity contribution in [1.29, 1.82) is 0 Å². The number of aromatic nitrogens is 2. The highest BCUT2D eigenvalue weighted by atomic mass is 15.3. The summed E-state index contributed by atoms with van der Waals surface area (Å²) in [6.45, 7) is 3.89. The lowest BCUT2D eigenvalue weighted by molar-refractivity contribution is 0.520. The van der Waals surface area contributed by atoms with Crippen LogP contribution in [0.5, 0.6) is 0 Å². The summed E-state index contributed by atoms with van der Waals surface area (Å²) in [5.74, 6) is 0. The Balaban J connectivity index is 1.93. The summed E-state index contributed by atoms with van der Waals surface area (Å²) in [6, 6.07) is 0. The number of hydrogen-bond acceptors (Lipinski definition) is 2. The van der Waals surface area contributed by atoms with Crippen LogP contribution < -0.4 is 5.73 Å². The minimum Gasteiger partial charge on any atom is -0.326 e. The maximum Gasteiger partial charge on any atom is 0.0534 e. The quantitative estimate of drug-likeness (QED) is 0.633. The van der Waals surface area contributed by atoms with E-state index in [1.54, 1.807) is 0 Å². The number of unbranched alkanes of at least 4 members (excludes halogenated alkanes) is 7. The Kier molecular flexibility index (Phi) is 7.72. The van der Waals surface area contributed by atoms with E-state index < -0.39 is 0 Å². The monoisotopic (exact) mass is 237 g/mol. The van der Waals surface area contributed by atoms with Crippen molar-refractivity contribution in [3.05, 3.63) is 18.0 Å². The third kappa shape index (κ3) is 6.47. The Labute approximate surface area is 105 Å². The van der Waals surface area contributed by atoms with Crippen molar-refractivity contribution in [2.45, 2.75) is 71.4 Å². The molecule has 1 heterocycles. The molecule has 0 aromatic carbocycles. The van der Waals surface area contributed by atoms with Gasteiger partial charge in [-0.05, 0) is 6.42 Å². The van der Waals surface area contributed by atoms with Gasteiger partial charge in [0.1, 0.15) is 0 Å². The molecule has 3 heteroatoms. The second-order valence-electron chi connectivity index (χ2n) is 4.79. The molecule has 0 aliphatic rings. The Morgan fingerprint density at radius 2 is 1.71 bits per heavy atom. The Morgan fingerprint density at radius 3 is 2.29 bits per heavy atom. The van der Waals surface area contributed by atoms with Gasteiger partial charge in [0.05, 0.1) is 6.20 Å². The largest absolute Gasteiger partial charge is 0.326 e. The lowest BCUT2D eigenvalue weighted by Crippen LogP contribution is -1.98. The number of rotatable bonds is 10. The molecule has 1 aromatic heterocycles. The summed E-state index contributed by atoms with van der Waals surface area (Å²) < 4.78 is 2.01. The van der Waals surface area contributed by atoms with Crippen LogP contribution in [0.2, 0.25) is 0 Å². The Morgan fingerprint density at radius 1 is 1.06 bits per heavy atom. The van der Waals surface area contributed by atoms with Crippen LogP contribution in [-0.4, -0.2) is 9.78 Å². The first-order chi connectivity index (χ1) is 8.36. The molecule has 2 N–H and O–H groups in total. The third-order valence-corrected chi connectivity index (χ3v) is 3.16. The smallest absolute Gasteiger partial charge is 0.0534 e. The molecule has 0 spiro atoms. The Bertz CT molecular complexity index is 281. The zero-order chi connectivity index (χ0) is 12.3. The standard InChI is InChI=1S/C14H27N3/c1-2-3-4-5-6-7-8-9-10-17-13-14(11-15)12-16-17/h12-13H,2-11,15H2,1H3. The van der Waals surface area contributed by atoms with Crippen molar-refractivity contribution in [3.63, 3.8) is 0 Å². The highest BCUT2D eigenvalue weighted by Gasteiger charge is 1.96. The molecule has 0 saturated heterocycles. The molecule has 0 bridgehead atoms. The van der Waals surface area contributed by atoms with E-state index in [1.165, 1.54) is 51.4 Å². The maximum atomic E-state index is 5.54. The first-order valence-corrected chi connectivity index (χ1v) is 7.08. The summed E-state index contributed by atoms with van der Waals surface area (Å²) in [7, 11) is 0. The highest BCUT2D eigenvalue weighted by molar-refractivity contribution is 5.02. The zero-order valence-corrected chi connectivity index (χ0v) is 11.2. The number of nitrogens with zero attached hydrogens (tertiary/aromatic N) is 2. The number of nitrogens with two attached hydrogens (primary N) is 1. The predicted molar refractivity (Wildman–Crippen MR) is 72.7 cm³/mol. The second kappa shape index (κ2) is 9.23. The number of aryl methyl sites for hydroxylation is 1. The van der Waals surface area contributed by atoms with Gasteiger partial charge in [-0.25, -0.2) is 0 Å². The van der Waals surface area contributed by atoms with Gasteiger partial charge < -0.3 is 5.73 Å². The SMILES string of the molecule is CCCCCCCCCCn1cc(CN)cn1. The lowest BCUT2D eigenvalue weighted by atomic mass is 10.1. The molecule has 0 fully saturated rings. The molecule has 1 rings (SSSR count). The molecule has 0 atom stereocenters. The summed E-state index contributed by atoms with van der Waals surface area (Å²) in [5, 5.41) is 4.28. The van der Waals surface area contributed by atoms with E-state index in [0.717, 1.165) is 12.1 Å². The molecule has 3 nitrogen and oxygen atoms in total. The van der Waals surface area contributed by atoms with Gasteiger partial charge in [-0.2, -0.15) is 5.10 Å². The van der Waals surface area contributed by atoms with Crippen LogP contribution in [0, 0.1) is 0 Å². The van der Waals surface area contributed by atoms with Gasteiger partial charge in [0.2, 0.25) is 0 Å². The van der Waals surface area contributed by atoms with Gasteiger partial charge in [-0.3, -0.25) is 4.68 Å². The van der Waals surface area contributed by atoms with Gasteiger partial charge in [0.15, 0.2) is 0 Å². The summed E-state index contributed by atoms with van der Waals surface area (Å²) in [6.07, 6.45) is 14.8. The van der Waals surface area contributed by atoms with E-state index >= 15 is 0 Å². The zero-order valence-electron chi connectivity index (χ0n) is 11.2. The van der Waals surface area contributed by atoms with E-state index in [2.05, 4.69) is 18.2 Å². The molecule has 17 heavy (non-hydrogen) atoms. The van der Waals surface area contributed by atoms with Crippen LogP contribution in [0.25, 0.3) is 0 Å². The molecule has 0 amide bonds. The molecule has 0 radical (unpaired) electrons. The van der Waals surface area contributed by atoms with Gasteiger partial charge in [0.25, 0.3) is 0 Å². The molecule has 0 unspecified atom stereocenters. The summed E-state index contributed by atoms with van der Waals surface area (Å²) >= 11 is 0. The fraction of sp³-hybridized carbons (Fsp3) is 0.786. The van der Waals surface area contributed by atoms with E-state index in [4.69, 9.17) is 5.73 Å². The fourth-order valence-electron chi connectivity index (χ4n) is 2.04. The van der Waals surface area contributed by atoms with Crippen molar-refractivity contribution in [1.82, 2.24) is 9.78 Å². The van der Waals surface area contributed by atoms with Crippen molar-refractivity contribution < 1.29 is 0 Å². The van der Waals surface area contributed by atoms with Crippen LogP contribution in [0.15, 0.2) is 12.4 Å². The van der Waals surface area contributed by atoms with Gasteiger partial charge in [-0.1, -0.05) is 51.9 Å². The van der Waals surface area contributed by atoms with Gasteiger partial charge in [-0.15, -0.1) is 0 Å². The van der Waals surface area contributed by atoms with Crippen LogP contribution in [0.3, 0.4) is 0 Å². The van der Waals surface area contributed by atoms with Crippen LogP contribution in [0.1, 0.15) is 63.9 Å². The Hall–Kier alpha value is -0.830. The lowest BCUT2D eigenvalue weighted by Gasteiger charge is -2.02. The minimum absolute atomic E-state index is 0.595. The second-order valence-corrected chi connectivity index (χ2v) is 4.79. The van der Waals surface area contributed by atoms with Crippen LogP contribution in [-0.2, 0) is 13.1 Å². The summed E-state index contributed by atoms with van der Waals surface area (Å²) in [4.78, 5) is 0. The molecule has 0 aliphatic heterocycles. The third-order valence-electron chi connectivity index (χ3n) is 3.16. The van der Waals surface area contributed by atoms with Crippen molar-refractivity contribution in [2.24, 2.45) is 5.73 Å². The van der Waals surface area contributed by atoms with E-state index in [0.29, 0.717) is 6.54 Å². The van der Waals surface area contributed by atoms with Crippen LogP contribution in [0.4, 0.5) is 0 Å². The average molecular weight is 237 g/mol. The molecule has 1 aromatic rings. The molecule has 98 valence electrons. The predicted octanol–water partition coefficient (Wildman–Crippen LogP) is 3.48. The summed E-state index contributed by atoms with van der Waals surface area (Å²) in [5.41, 5.74) is 6.67. The van der Waals surface area contributed by atoms with Crippen molar-refractivity contribution >= 4 is 0 Å². The van der Waals surface area contributed by atoms with E-state index in [-0.39, 0.29) is 0 Å². The normalized spacial score (nSPS) is 10.9.